The number of fused-ring (bicyclic) bond motifs is 2. The van der Waals surface area contributed by atoms with E-state index in [0.717, 1.165) is 50.0 Å². The maximum Gasteiger partial charge on any atom is 0.230 e. The van der Waals surface area contributed by atoms with Gasteiger partial charge in [0.1, 0.15) is 11.3 Å². The van der Waals surface area contributed by atoms with E-state index in [0.29, 0.717) is 34.4 Å². The van der Waals surface area contributed by atoms with Crippen molar-refractivity contribution in [1.29, 1.82) is 0 Å². The number of nitrogens with zero attached hydrogens (tertiary/aromatic N) is 3. The minimum Gasteiger partial charge on any atom is -0.507 e. The van der Waals surface area contributed by atoms with Crippen LogP contribution in [0.1, 0.15) is 103 Å². The number of phenolic OH excluding ortho intramolecular Hbond substituents is 1. The Balaban J connectivity index is 0.00000481. The zero-order chi connectivity index (χ0) is 37.1. The van der Waals surface area contributed by atoms with Crippen molar-refractivity contribution in [3.63, 3.8) is 0 Å². The molecule has 0 atom stereocenters. The van der Waals surface area contributed by atoms with Crippen molar-refractivity contribution >= 4 is 22.1 Å². The van der Waals surface area contributed by atoms with Gasteiger partial charge in [-0.1, -0.05) is 117 Å². The van der Waals surface area contributed by atoms with Gasteiger partial charge in [-0.2, -0.15) is 0 Å². The van der Waals surface area contributed by atoms with Gasteiger partial charge in [-0.3, -0.25) is 9.97 Å². The van der Waals surface area contributed by atoms with Gasteiger partial charge in [-0.25, -0.2) is 4.98 Å². The molecule has 7 aromatic rings. The molecule has 5 nitrogen and oxygen atoms in total. The molecule has 0 fully saturated rings. The molecule has 1 N–H and O–H groups in total. The van der Waals surface area contributed by atoms with Crippen LogP contribution >= 0.6 is 0 Å². The zero-order valence-electron chi connectivity index (χ0n) is 32.3. The number of hydrogen-bond acceptors (Lipinski definition) is 5. The quantitative estimate of drug-likeness (QED) is 0.169. The van der Waals surface area contributed by atoms with E-state index < -0.39 is 0 Å². The average molecular weight is 882 g/mol. The summed E-state index contributed by atoms with van der Waals surface area (Å²) in [6, 6.07) is 31.3. The van der Waals surface area contributed by atoms with Crippen LogP contribution in [0.5, 0.6) is 5.75 Å². The Hall–Kier alpha value is -4.60. The van der Waals surface area contributed by atoms with Crippen LogP contribution in [0.4, 0.5) is 0 Å². The summed E-state index contributed by atoms with van der Waals surface area (Å²) in [5, 5.41) is 11.1. The number of benzene rings is 5. The van der Waals surface area contributed by atoms with E-state index in [2.05, 4.69) is 141 Å². The van der Waals surface area contributed by atoms with Gasteiger partial charge in [0.25, 0.3) is 0 Å². The predicted molar refractivity (Wildman–Crippen MR) is 215 cm³/mol. The molecule has 5 aromatic carbocycles. The molecule has 0 bridgehead atoms. The van der Waals surface area contributed by atoms with E-state index in [-0.39, 0.29) is 37.6 Å². The summed E-state index contributed by atoms with van der Waals surface area (Å²) < 4.78 is 6.60. The Morgan fingerprint density at radius 3 is 1.83 bits per heavy atom. The molecule has 2 aromatic heterocycles. The molecule has 6 heteroatoms. The second kappa shape index (κ2) is 14.3. The average Bonchev–Trinajstić information content (AvgIpc) is 3.54. The van der Waals surface area contributed by atoms with Crippen molar-refractivity contribution in [2.75, 3.05) is 0 Å². The predicted octanol–water partition coefficient (Wildman–Crippen LogP) is 12.8. The summed E-state index contributed by atoms with van der Waals surface area (Å²) in [7, 11) is 0. The van der Waals surface area contributed by atoms with E-state index in [9.17, 15) is 5.11 Å². The molecule has 0 spiro atoms. The normalized spacial score (nSPS) is 12.2. The third-order valence-electron chi connectivity index (χ3n) is 10.0. The smallest absolute Gasteiger partial charge is 0.230 e. The fourth-order valence-corrected chi connectivity index (χ4v) is 6.70. The van der Waals surface area contributed by atoms with Gasteiger partial charge in [0, 0.05) is 33.5 Å². The molecule has 0 unspecified atom stereocenters. The van der Waals surface area contributed by atoms with Crippen molar-refractivity contribution < 1.29 is 30.6 Å². The first-order valence-corrected chi connectivity index (χ1v) is 18.3. The van der Waals surface area contributed by atoms with Crippen LogP contribution in [0, 0.1) is 6.07 Å². The van der Waals surface area contributed by atoms with Crippen LogP contribution in [0.15, 0.2) is 95.7 Å². The van der Waals surface area contributed by atoms with Crippen LogP contribution in [-0.4, -0.2) is 20.1 Å². The molecule has 7 rings (SSSR count). The number of phenols is 1. The molecular formula is C47H48N3O2Pt-. The minimum absolute atomic E-state index is 0. The van der Waals surface area contributed by atoms with E-state index in [1.54, 1.807) is 18.5 Å². The second-order valence-corrected chi connectivity index (χ2v) is 16.7. The summed E-state index contributed by atoms with van der Waals surface area (Å²) >= 11 is 0. The molecule has 0 saturated carbocycles. The van der Waals surface area contributed by atoms with Crippen LogP contribution in [0.3, 0.4) is 0 Å². The summed E-state index contributed by atoms with van der Waals surface area (Å²) in [6.45, 7) is 22.1. The number of hydrogen-bond donors (Lipinski definition) is 1. The molecule has 0 amide bonds. The molecule has 0 saturated heterocycles. The van der Waals surface area contributed by atoms with Gasteiger partial charge in [0.05, 0.1) is 22.1 Å². The number of aromatic nitrogens is 3. The van der Waals surface area contributed by atoms with E-state index in [1.165, 1.54) is 16.7 Å². The van der Waals surface area contributed by atoms with Crippen molar-refractivity contribution in [3.05, 3.63) is 120 Å². The molecular weight excluding hydrogens is 834 g/mol. The topological polar surface area (TPSA) is 72.0 Å². The fourth-order valence-electron chi connectivity index (χ4n) is 6.70. The van der Waals surface area contributed by atoms with Crippen LogP contribution in [0.2, 0.25) is 0 Å². The van der Waals surface area contributed by atoms with Gasteiger partial charge in [0.2, 0.25) is 5.89 Å². The molecule has 274 valence electrons. The van der Waals surface area contributed by atoms with Gasteiger partial charge in [0.15, 0.2) is 0 Å². The number of rotatable bonds is 6. The monoisotopic (exact) mass is 881 g/mol. The first-order chi connectivity index (χ1) is 24.6. The van der Waals surface area contributed by atoms with Crippen molar-refractivity contribution in [1.82, 2.24) is 15.0 Å². The van der Waals surface area contributed by atoms with E-state index in [4.69, 9.17) is 14.4 Å². The standard InChI is InChI=1S/C47H48N3O2.Pt/c1-27(2)31-19-32(28(3)4)21-33(20-31)34-22-37(44-42(23-34)52-45(50-44)39-24-35(46(5,6)7)14-15-41(39)51)29-12-11-13-30(18-29)38-25-36(47(8,9)10)26-40-43(38)49-17-16-48-40;/h11-17,19-28,51H,1-10H3;/q-1;. The molecule has 0 aliphatic rings. The maximum atomic E-state index is 11.1. The summed E-state index contributed by atoms with van der Waals surface area (Å²) in [5.74, 6) is 1.27. The summed E-state index contributed by atoms with van der Waals surface area (Å²) in [4.78, 5) is 14.6. The van der Waals surface area contributed by atoms with Crippen molar-refractivity contribution in [2.24, 2.45) is 0 Å². The van der Waals surface area contributed by atoms with Crippen molar-refractivity contribution in [2.45, 2.75) is 91.9 Å². The van der Waals surface area contributed by atoms with Crippen LogP contribution < -0.4 is 0 Å². The number of oxazole rings is 1. The Morgan fingerprint density at radius 2 is 1.21 bits per heavy atom. The van der Waals surface area contributed by atoms with Crippen LogP contribution in [0.25, 0.3) is 67.0 Å². The zero-order valence-corrected chi connectivity index (χ0v) is 34.6. The van der Waals surface area contributed by atoms with Crippen LogP contribution in [-0.2, 0) is 31.9 Å². The second-order valence-electron chi connectivity index (χ2n) is 16.7. The largest absolute Gasteiger partial charge is 0.507 e. The minimum atomic E-state index is -0.114. The van der Waals surface area contributed by atoms with E-state index in [1.807, 2.05) is 12.1 Å². The maximum absolute atomic E-state index is 11.1. The summed E-state index contributed by atoms with van der Waals surface area (Å²) in [5.41, 5.74) is 14.2. The van der Waals surface area contributed by atoms with Gasteiger partial charge >= 0.3 is 0 Å². The van der Waals surface area contributed by atoms with Crippen molar-refractivity contribution in [3.8, 4) is 50.6 Å². The Bertz CT molecular complexity index is 2440. The molecule has 0 radical (unpaired) electrons. The first kappa shape index (κ1) is 38.1. The Morgan fingerprint density at radius 1 is 0.623 bits per heavy atom. The summed E-state index contributed by atoms with van der Waals surface area (Å²) in [6.07, 6.45) is 3.49. The molecule has 0 aliphatic carbocycles. The third-order valence-corrected chi connectivity index (χ3v) is 10.0. The SMILES string of the molecule is CC(C)c1cc(-c2cc(-c3[c-]c(-c4cc(C(C)(C)C)cc5nccnc45)ccc3)c3nc(-c4cc(C(C)(C)C)ccc4O)oc3c2)cc(C(C)C)c1.[Pt]. The van der Waals surface area contributed by atoms with Gasteiger partial charge in [-0.15, -0.1) is 35.4 Å². The fraction of sp³-hybridized carbons (Fsp3) is 0.298. The molecule has 53 heavy (non-hydrogen) atoms. The Labute approximate surface area is 328 Å². The molecule has 2 heterocycles. The third kappa shape index (κ3) is 7.60. The molecule has 0 aliphatic heterocycles. The number of aromatic hydroxyl groups is 1. The Kier molecular flexibility index (Phi) is 10.3. The first-order valence-electron chi connectivity index (χ1n) is 18.3. The van der Waals surface area contributed by atoms with Gasteiger partial charge in [-0.05, 0) is 80.3 Å². The van der Waals surface area contributed by atoms with E-state index >= 15 is 0 Å². The van der Waals surface area contributed by atoms with Gasteiger partial charge < -0.3 is 9.52 Å².